The molecule has 84 valence electrons. The lowest BCUT2D eigenvalue weighted by Crippen LogP contribution is -2.26. The van der Waals surface area contributed by atoms with Crippen molar-refractivity contribution >= 4 is 11.6 Å². The molecule has 0 bridgehead atoms. The van der Waals surface area contributed by atoms with Crippen molar-refractivity contribution in [1.29, 1.82) is 0 Å². The highest BCUT2D eigenvalue weighted by atomic mass is 16.3. The van der Waals surface area contributed by atoms with E-state index in [0.717, 1.165) is 0 Å². The third kappa shape index (κ3) is 2.65. The molecule has 1 rings (SSSR count). The van der Waals surface area contributed by atoms with Crippen LogP contribution in [0.15, 0.2) is 11.3 Å². The van der Waals surface area contributed by atoms with Gasteiger partial charge < -0.3 is 10.2 Å². The molecule has 15 heavy (non-hydrogen) atoms. The first-order chi connectivity index (χ1) is 7.10. The summed E-state index contributed by atoms with van der Waals surface area (Å²) in [6.45, 7) is 1.71. The number of aliphatic hydroxyl groups excluding tert-OH is 2. The van der Waals surface area contributed by atoms with Crippen molar-refractivity contribution in [2.24, 2.45) is 5.92 Å². The zero-order chi connectivity index (χ0) is 11.4. The van der Waals surface area contributed by atoms with Crippen LogP contribution >= 0.6 is 0 Å². The fourth-order valence-corrected chi connectivity index (χ4v) is 1.77. The molecule has 0 aromatic carbocycles. The molecule has 4 heteroatoms. The number of carbonyl (C=O) groups excluding carboxylic acids is 2. The Kier molecular flexibility index (Phi) is 4.03. The van der Waals surface area contributed by atoms with Crippen molar-refractivity contribution in [2.45, 2.75) is 32.6 Å². The molecule has 0 spiro atoms. The van der Waals surface area contributed by atoms with E-state index < -0.39 is 0 Å². The predicted octanol–water partition coefficient (Wildman–Crippen LogP) is 1.14. The van der Waals surface area contributed by atoms with Gasteiger partial charge in [0.1, 0.15) is 5.76 Å². The highest BCUT2D eigenvalue weighted by Gasteiger charge is 2.30. The molecule has 0 aromatic heterocycles. The van der Waals surface area contributed by atoms with Gasteiger partial charge in [-0.2, -0.15) is 0 Å². The Morgan fingerprint density at radius 1 is 1.47 bits per heavy atom. The standard InChI is InChI=1S/C11H16O4/c1-2-3-8(13)11-9(14)4-7(6-12)5-10(11)15/h7,12,14H,2-6H2,1H3. The molecule has 1 aliphatic rings. The first-order valence-electron chi connectivity index (χ1n) is 5.19. The zero-order valence-corrected chi connectivity index (χ0v) is 8.82. The maximum absolute atomic E-state index is 11.5. The summed E-state index contributed by atoms with van der Waals surface area (Å²) in [5.74, 6) is -1.01. The normalized spacial score (nSPS) is 22.0. The molecule has 0 heterocycles. The van der Waals surface area contributed by atoms with Crippen LogP contribution in [-0.2, 0) is 9.59 Å². The summed E-state index contributed by atoms with van der Waals surface area (Å²) in [5.41, 5.74) is -0.0402. The third-order valence-electron chi connectivity index (χ3n) is 2.54. The Hall–Kier alpha value is -1.16. The maximum atomic E-state index is 11.5. The summed E-state index contributed by atoms with van der Waals surface area (Å²) in [6.07, 6.45) is 1.33. The van der Waals surface area contributed by atoms with Crippen LogP contribution in [0.5, 0.6) is 0 Å². The van der Waals surface area contributed by atoms with Gasteiger partial charge in [0.15, 0.2) is 11.6 Å². The van der Waals surface area contributed by atoms with E-state index in [0.29, 0.717) is 6.42 Å². The third-order valence-corrected chi connectivity index (χ3v) is 2.54. The minimum atomic E-state index is -0.337. The Balaban J connectivity index is 2.86. The Labute approximate surface area is 88.6 Å². The van der Waals surface area contributed by atoms with Gasteiger partial charge in [0.25, 0.3) is 0 Å². The zero-order valence-electron chi connectivity index (χ0n) is 8.82. The molecule has 0 fully saturated rings. The average molecular weight is 212 g/mol. The first kappa shape index (κ1) is 11.9. The van der Waals surface area contributed by atoms with Gasteiger partial charge in [-0.15, -0.1) is 0 Å². The van der Waals surface area contributed by atoms with E-state index in [1.165, 1.54) is 0 Å². The fraction of sp³-hybridized carbons (Fsp3) is 0.636. The molecular formula is C11H16O4. The molecule has 1 unspecified atom stereocenters. The quantitative estimate of drug-likeness (QED) is 0.685. The smallest absolute Gasteiger partial charge is 0.170 e. The van der Waals surface area contributed by atoms with Crippen molar-refractivity contribution in [3.05, 3.63) is 11.3 Å². The minimum absolute atomic E-state index is 0.0402. The molecule has 2 N–H and O–H groups in total. The predicted molar refractivity (Wildman–Crippen MR) is 54.4 cm³/mol. The monoisotopic (exact) mass is 212 g/mol. The summed E-state index contributed by atoms with van der Waals surface area (Å²) >= 11 is 0. The molecular weight excluding hydrogens is 196 g/mol. The van der Waals surface area contributed by atoms with Gasteiger partial charge in [0, 0.05) is 25.9 Å². The lowest BCUT2D eigenvalue weighted by molar-refractivity contribution is -0.123. The number of Topliss-reactive ketones (excluding diaryl/α,β-unsaturated/α-hetero) is 2. The minimum Gasteiger partial charge on any atom is -0.511 e. The number of ketones is 2. The Morgan fingerprint density at radius 2 is 2.13 bits per heavy atom. The van der Waals surface area contributed by atoms with Gasteiger partial charge in [0.05, 0.1) is 5.57 Å². The van der Waals surface area contributed by atoms with Gasteiger partial charge in [-0.05, 0) is 12.3 Å². The van der Waals surface area contributed by atoms with Crippen LogP contribution in [0.25, 0.3) is 0 Å². The summed E-state index contributed by atoms with van der Waals surface area (Å²) in [5, 5.41) is 18.4. The van der Waals surface area contributed by atoms with Crippen molar-refractivity contribution in [3.63, 3.8) is 0 Å². The van der Waals surface area contributed by atoms with Crippen LogP contribution < -0.4 is 0 Å². The van der Waals surface area contributed by atoms with E-state index in [4.69, 9.17) is 5.11 Å². The summed E-state index contributed by atoms with van der Waals surface area (Å²) in [6, 6.07) is 0. The molecule has 0 saturated carbocycles. The van der Waals surface area contributed by atoms with Crippen LogP contribution in [0.1, 0.15) is 32.6 Å². The molecule has 0 saturated heterocycles. The number of hydrogen-bond acceptors (Lipinski definition) is 4. The van der Waals surface area contributed by atoms with Crippen LogP contribution in [0.4, 0.5) is 0 Å². The van der Waals surface area contributed by atoms with Crippen LogP contribution in [0.3, 0.4) is 0 Å². The van der Waals surface area contributed by atoms with E-state index in [1.807, 2.05) is 6.92 Å². The van der Waals surface area contributed by atoms with Gasteiger partial charge in [-0.1, -0.05) is 6.92 Å². The van der Waals surface area contributed by atoms with E-state index in [9.17, 15) is 14.7 Å². The molecule has 1 aliphatic carbocycles. The lowest BCUT2D eigenvalue weighted by Gasteiger charge is -2.20. The van der Waals surface area contributed by atoms with Gasteiger partial charge in [-0.3, -0.25) is 9.59 Å². The topological polar surface area (TPSA) is 74.6 Å². The van der Waals surface area contributed by atoms with E-state index >= 15 is 0 Å². The van der Waals surface area contributed by atoms with Gasteiger partial charge in [-0.25, -0.2) is 0 Å². The molecule has 4 nitrogen and oxygen atoms in total. The van der Waals surface area contributed by atoms with Crippen LogP contribution in [0.2, 0.25) is 0 Å². The van der Waals surface area contributed by atoms with Crippen LogP contribution in [0, 0.1) is 5.92 Å². The highest BCUT2D eigenvalue weighted by Crippen LogP contribution is 2.26. The second-order valence-electron chi connectivity index (χ2n) is 3.87. The Morgan fingerprint density at radius 3 is 2.60 bits per heavy atom. The van der Waals surface area contributed by atoms with Gasteiger partial charge in [0.2, 0.25) is 0 Å². The fourth-order valence-electron chi connectivity index (χ4n) is 1.77. The first-order valence-corrected chi connectivity index (χ1v) is 5.19. The molecule has 1 atom stereocenters. The lowest BCUT2D eigenvalue weighted by atomic mass is 9.85. The van der Waals surface area contributed by atoms with Crippen molar-refractivity contribution in [1.82, 2.24) is 0 Å². The van der Waals surface area contributed by atoms with E-state index in [2.05, 4.69) is 0 Å². The van der Waals surface area contributed by atoms with Crippen molar-refractivity contribution in [2.75, 3.05) is 6.61 Å². The van der Waals surface area contributed by atoms with Crippen molar-refractivity contribution < 1.29 is 19.8 Å². The summed E-state index contributed by atoms with van der Waals surface area (Å²) < 4.78 is 0. The largest absolute Gasteiger partial charge is 0.511 e. The molecule has 0 amide bonds. The molecule has 0 aliphatic heterocycles. The number of allylic oxidation sites excluding steroid dienone is 2. The number of aliphatic hydroxyl groups is 2. The Bertz CT molecular complexity index is 304. The van der Waals surface area contributed by atoms with E-state index in [-0.39, 0.29) is 54.7 Å². The summed E-state index contributed by atoms with van der Waals surface area (Å²) in [7, 11) is 0. The maximum Gasteiger partial charge on any atom is 0.170 e. The highest BCUT2D eigenvalue weighted by molar-refractivity contribution is 6.20. The number of rotatable bonds is 4. The van der Waals surface area contributed by atoms with Gasteiger partial charge >= 0.3 is 0 Å². The number of hydrogen-bond donors (Lipinski definition) is 2. The van der Waals surface area contributed by atoms with E-state index in [1.54, 1.807) is 0 Å². The SMILES string of the molecule is CCCC(=O)C1=C(O)CC(CO)CC1=O. The second kappa shape index (κ2) is 5.07. The molecule has 0 aromatic rings. The number of carbonyl (C=O) groups is 2. The second-order valence-corrected chi connectivity index (χ2v) is 3.87. The summed E-state index contributed by atoms with van der Waals surface area (Å²) in [4.78, 5) is 23.1. The average Bonchev–Trinajstić information content (AvgIpc) is 2.16. The van der Waals surface area contributed by atoms with Crippen LogP contribution in [-0.4, -0.2) is 28.4 Å². The molecule has 0 radical (unpaired) electrons. The van der Waals surface area contributed by atoms with Crippen molar-refractivity contribution in [3.8, 4) is 0 Å².